The molecule has 0 saturated carbocycles. The predicted octanol–water partition coefficient (Wildman–Crippen LogP) is 0.0273. The first kappa shape index (κ1) is 6.55. The smallest absolute Gasteiger partial charge is 0.320 e. The Balaban J connectivity index is 2.31. The van der Waals surface area contributed by atoms with Crippen LogP contribution in [0.3, 0.4) is 0 Å². The van der Waals surface area contributed by atoms with E-state index in [2.05, 4.69) is 5.32 Å². The standard InChI is InChI=1S/C6H10NO2/c8-6(9)5-3-1-2-4-7-5/h1,5,7H,2-4H2,(H,8,9). The molecule has 1 fully saturated rings. The summed E-state index contributed by atoms with van der Waals surface area (Å²) in [4.78, 5) is 10.3. The fourth-order valence-electron chi connectivity index (χ4n) is 0.916. The lowest BCUT2D eigenvalue weighted by atomic mass is 10.1. The van der Waals surface area contributed by atoms with Crippen molar-refractivity contribution in [1.82, 2.24) is 5.32 Å². The lowest BCUT2D eigenvalue weighted by molar-refractivity contribution is -0.139. The fraction of sp³-hybridized carbons (Fsp3) is 0.667. The van der Waals surface area contributed by atoms with Gasteiger partial charge in [0.05, 0.1) is 0 Å². The maximum absolute atomic E-state index is 10.3. The summed E-state index contributed by atoms with van der Waals surface area (Å²) in [5.41, 5.74) is 0. The van der Waals surface area contributed by atoms with Crippen molar-refractivity contribution in [2.45, 2.75) is 18.9 Å². The summed E-state index contributed by atoms with van der Waals surface area (Å²) in [6.45, 7) is 0.803. The van der Waals surface area contributed by atoms with Gasteiger partial charge in [-0.25, -0.2) is 0 Å². The van der Waals surface area contributed by atoms with Gasteiger partial charge in [-0.1, -0.05) is 0 Å². The van der Waals surface area contributed by atoms with E-state index in [0.29, 0.717) is 6.42 Å². The van der Waals surface area contributed by atoms with Crippen LogP contribution in [0.1, 0.15) is 12.8 Å². The highest BCUT2D eigenvalue weighted by molar-refractivity contribution is 5.73. The minimum Gasteiger partial charge on any atom is -0.480 e. The molecule has 3 nitrogen and oxygen atoms in total. The number of carbonyl (C=O) groups is 1. The molecular weight excluding hydrogens is 118 g/mol. The molecule has 9 heavy (non-hydrogen) atoms. The molecule has 0 aromatic rings. The zero-order valence-electron chi connectivity index (χ0n) is 5.13. The molecule has 1 heterocycles. The van der Waals surface area contributed by atoms with E-state index in [-0.39, 0.29) is 6.04 Å². The number of rotatable bonds is 1. The predicted molar refractivity (Wildman–Crippen MR) is 33.0 cm³/mol. The zero-order chi connectivity index (χ0) is 6.69. The normalized spacial score (nSPS) is 27.8. The van der Waals surface area contributed by atoms with Crippen LogP contribution in [0, 0.1) is 6.42 Å². The SMILES string of the molecule is O=C(O)C1C[CH]CCN1. The molecule has 3 heteroatoms. The van der Waals surface area contributed by atoms with Crippen LogP contribution in [0.25, 0.3) is 0 Å². The van der Waals surface area contributed by atoms with E-state index in [4.69, 9.17) is 5.11 Å². The van der Waals surface area contributed by atoms with Crippen molar-refractivity contribution in [3.8, 4) is 0 Å². The van der Waals surface area contributed by atoms with Crippen LogP contribution in [0.15, 0.2) is 0 Å². The van der Waals surface area contributed by atoms with Crippen molar-refractivity contribution in [3.05, 3.63) is 6.42 Å². The zero-order valence-corrected chi connectivity index (χ0v) is 5.13. The van der Waals surface area contributed by atoms with E-state index in [0.717, 1.165) is 13.0 Å². The van der Waals surface area contributed by atoms with E-state index in [9.17, 15) is 4.79 Å². The molecular formula is C6H10NO2. The van der Waals surface area contributed by atoms with E-state index >= 15 is 0 Å². The number of nitrogens with one attached hydrogen (secondary N) is 1. The van der Waals surface area contributed by atoms with Gasteiger partial charge in [0.15, 0.2) is 0 Å². The summed E-state index contributed by atoms with van der Waals surface area (Å²) in [5, 5.41) is 11.3. The summed E-state index contributed by atoms with van der Waals surface area (Å²) >= 11 is 0. The monoisotopic (exact) mass is 128 g/mol. The minimum absolute atomic E-state index is 0.334. The molecule has 1 rings (SSSR count). The molecule has 1 unspecified atom stereocenters. The van der Waals surface area contributed by atoms with Gasteiger partial charge in [0.2, 0.25) is 0 Å². The lowest BCUT2D eigenvalue weighted by Gasteiger charge is -2.18. The second-order valence-electron chi connectivity index (χ2n) is 2.16. The van der Waals surface area contributed by atoms with Crippen molar-refractivity contribution >= 4 is 5.97 Å². The van der Waals surface area contributed by atoms with Crippen molar-refractivity contribution in [3.63, 3.8) is 0 Å². The molecule has 1 aliphatic rings. The van der Waals surface area contributed by atoms with Gasteiger partial charge in [0.1, 0.15) is 6.04 Å². The van der Waals surface area contributed by atoms with Crippen LogP contribution in [0.5, 0.6) is 0 Å². The lowest BCUT2D eigenvalue weighted by Crippen LogP contribution is -2.40. The summed E-state index contributed by atoms with van der Waals surface area (Å²) < 4.78 is 0. The van der Waals surface area contributed by atoms with Gasteiger partial charge in [0.25, 0.3) is 0 Å². The highest BCUT2D eigenvalue weighted by Gasteiger charge is 2.18. The van der Waals surface area contributed by atoms with Gasteiger partial charge in [-0.05, 0) is 25.8 Å². The second kappa shape index (κ2) is 2.82. The van der Waals surface area contributed by atoms with E-state index in [1.54, 1.807) is 0 Å². The average molecular weight is 128 g/mol. The third-order valence-electron chi connectivity index (χ3n) is 1.44. The molecule has 51 valence electrons. The first-order valence-electron chi connectivity index (χ1n) is 3.08. The van der Waals surface area contributed by atoms with E-state index < -0.39 is 5.97 Å². The van der Waals surface area contributed by atoms with Crippen LogP contribution in [-0.4, -0.2) is 23.7 Å². The van der Waals surface area contributed by atoms with Crippen molar-refractivity contribution in [2.24, 2.45) is 0 Å². The van der Waals surface area contributed by atoms with Crippen LogP contribution in [0.2, 0.25) is 0 Å². The van der Waals surface area contributed by atoms with Crippen LogP contribution >= 0.6 is 0 Å². The molecule has 1 aliphatic heterocycles. The van der Waals surface area contributed by atoms with Gasteiger partial charge in [-0.2, -0.15) is 0 Å². The molecule has 0 aromatic carbocycles. The third-order valence-corrected chi connectivity index (χ3v) is 1.44. The molecule has 0 bridgehead atoms. The molecule has 0 amide bonds. The van der Waals surface area contributed by atoms with Gasteiger partial charge in [-0.15, -0.1) is 0 Å². The number of hydrogen-bond acceptors (Lipinski definition) is 2. The van der Waals surface area contributed by atoms with Gasteiger partial charge >= 0.3 is 5.97 Å². The van der Waals surface area contributed by atoms with Gasteiger partial charge in [0, 0.05) is 0 Å². The molecule has 1 radical (unpaired) electrons. The summed E-state index contributed by atoms with van der Waals surface area (Å²) in [6, 6.07) is -0.334. The Bertz CT molecular complexity index is 108. The highest BCUT2D eigenvalue weighted by atomic mass is 16.4. The Labute approximate surface area is 54.1 Å². The van der Waals surface area contributed by atoms with Gasteiger partial charge in [-0.3, -0.25) is 4.79 Å². The number of aliphatic carboxylic acids is 1. The highest BCUT2D eigenvalue weighted by Crippen LogP contribution is 2.04. The fourth-order valence-corrected chi connectivity index (χ4v) is 0.916. The number of piperidine rings is 1. The molecule has 1 saturated heterocycles. The van der Waals surface area contributed by atoms with Crippen molar-refractivity contribution < 1.29 is 9.90 Å². The molecule has 2 N–H and O–H groups in total. The molecule has 0 spiro atoms. The Morgan fingerprint density at radius 2 is 2.56 bits per heavy atom. The summed E-state index contributed by atoms with van der Waals surface area (Å²) in [7, 11) is 0. The number of carboxylic acids is 1. The summed E-state index contributed by atoms with van der Waals surface area (Å²) in [5.74, 6) is -0.744. The largest absolute Gasteiger partial charge is 0.480 e. The Kier molecular flexibility index (Phi) is 2.05. The number of carboxylic acid groups (broad SMARTS) is 1. The van der Waals surface area contributed by atoms with E-state index in [1.165, 1.54) is 0 Å². The van der Waals surface area contributed by atoms with Crippen LogP contribution in [0.4, 0.5) is 0 Å². The molecule has 1 atom stereocenters. The molecule has 0 aromatic heterocycles. The minimum atomic E-state index is -0.744. The van der Waals surface area contributed by atoms with Crippen LogP contribution in [-0.2, 0) is 4.79 Å². The van der Waals surface area contributed by atoms with Gasteiger partial charge < -0.3 is 10.4 Å². The Morgan fingerprint density at radius 1 is 1.78 bits per heavy atom. The first-order valence-corrected chi connectivity index (χ1v) is 3.08. The molecule has 0 aliphatic carbocycles. The topological polar surface area (TPSA) is 49.3 Å². The maximum Gasteiger partial charge on any atom is 0.320 e. The number of hydrogen-bond donors (Lipinski definition) is 2. The Hall–Kier alpha value is -0.570. The average Bonchev–Trinajstić information content (AvgIpc) is 1.90. The Morgan fingerprint density at radius 3 is 2.89 bits per heavy atom. The second-order valence-corrected chi connectivity index (χ2v) is 2.16. The van der Waals surface area contributed by atoms with E-state index in [1.807, 2.05) is 6.42 Å². The summed E-state index contributed by atoms with van der Waals surface area (Å²) in [6.07, 6.45) is 3.66. The van der Waals surface area contributed by atoms with Crippen molar-refractivity contribution in [1.29, 1.82) is 0 Å². The van der Waals surface area contributed by atoms with Crippen molar-refractivity contribution in [2.75, 3.05) is 6.54 Å². The first-order chi connectivity index (χ1) is 4.30. The van der Waals surface area contributed by atoms with Crippen LogP contribution < -0.4 is 5.32 Å². The maximum atomic E-state index is 10.3. The third kappa shape index (κ3) is 1.68. The quantitative estimate of drug-likeness (QED) is 0.523.